The average Bonchev–Trinajstić information content (AvgIpc) is 2.32. The van der Waals surface area contributed by atoms with Crippen LogP contribution in [0.1, 0.15) is 17.3 Å². The molecular formula is C12H16Cl2N2O. The molecule has 0 aromatic heterocycles. The molecule has 0 unspecified atom stereocenters. The van der Waals surface area contributed by atoms with E-state index < -0.39 is 0 Å². The summed E-state index contributed by atoms with van der Waals surface area (Å²) in [5.41, 5.74) is 0.526. The molecule has 1 aromatic carbocycles. The fourth-order valence-corrected chi connectivity index (χ4v) is 1.56. The molecule has 0 aliphatic carbocycles. The summed E-state index contributed by atoms with van der Waals surface area (Å²) in [6.07, 6.45) is 0. The summed E-state index contributed by atoms with van der Waals surface area (Å²) in [6.45, 7) is 4.47. The van der Waals surface area contributed by atoms with E-state index in [1.165, 1.54) is 0 Å². The van der Waals surface area contributed by atoms with Crippen LogP contribution in [0.25, 0.3) is 0 Å². The molecule has 0 atom stereocenters. The molecule has 3 nitrogen and oxygen atoms in total. The number of hydrogen-bond acceptors (Lipinski definition) is 2. The highest BCUT2D eigenvalue weighted by atomic mass is 35.5. The molecule has 0 aliphatic rings. The minimum absolute atomic E-state index is 0.131. The monoisotopic (exact) mass is 274 g/mol. The molecule has 5 heteroatoms. The lowest BCUT2D eigenvalue weighted by atomic mass is 10.2. The highest BCUT2D eigenvalue weighted by Crippen LogP contribution is 2.22. The summed E-state index contributed by atoms with van der Waals surface area (Å²) < 4.78 is 0. The number of nitrogens with zero attached hydrogens (tertiary/aromatic N) is 1. The normalized spacial score (nSPS) is 10.6. The molecule has 0 radical (unpaired) electrons. The lowest BCUT2D eigenvalue weighted by molar-refractivity contribution is 0.0950. The van der Waals surface area contributed by atoms with Gasteiger partial charge in [-0.1, -0.05) is 30.1 Å². The Kier molecular flexibility index (Phi) is 5.75. The van der Waals surface area contributed by atoms with Gasteiger partial charge in [0.1, 0.15) is 0 Å². The summed E-state index contributed by atoms with van der Waals surface area (Å²) in [7, 11) is 2.01. The highest BCUT2D eigenvalue weighted by Gasteiger charge is 2.07. The molecule has 0 spiro atoms. The van der Waals surface area contributed by atoms with E-state index in [4.69, 9.17) is 23.2 Å². The fraction of sp³-hybridized carbons (Fsp3) is 0.417. The van der Waals surface area contributed by atoms with Crippen LogP contribution >= 0.6 is 23.2 Å². The van der Waals surface area contributed by atoms with E-state index >= 15 is 0 Å². The Hall–Kier alpha value is -0.770. The van der Waals surface area contributed by atoms with Gasteiger partial charge in [-0.15, -0.1) is 0 Å². The molecule has 0 heterocycles. The standard InChI is InChI=1S/C12H16Cl2N2O/c1-3-16(2)7-6-15-12(17)9-4-5-10(13)11(14)8-9/h4-5,8H,3,6-7H2,1-2H3,(H,15,17). The quantitative estimate of drug-likeness (QED) is 0.896. The van der Waals surface area contributed by atoms with Gasteiger partial charge in [-0.2, -0.15) is 0 Å². The first-order chi connectivity index (χ1) is 8.04. The van der Waals surface area contributed by atoms with E-state index in [0.717, 1.165) is 13.1 Å². The van der Waals surface area contributed by atoms with Crippen LogP contribution in [0.5, 0.6) is 0 Å². The molecule has 0 fully saturated rings. The predicted molar refractivity (Wildman–Crippen MR) is 72.0 cm³/mol. The van der Waals surface area contributed by atoms with Crippen molar-refractivity contribution in [3.8, 4) is 0 Å². The summed E-state index contributed by atoms with van der Waals surface area (Å²) in [5, 5.41) is 3.67. The number of hydrogen-bond donors (Lipinski definition) is 1. The van der Waals surface area contributed by atoms with Crippen molar-refractivity contribution in [1.82, 2.24) is 10.2 Å². The third-order valence-electron chi connectivity index (χ3n) is 2.50. The Bertz CT molecular complexity index is 396. The first-order valence-electron chi connectivity index (χ1n) is 5.46. The lowest BCUT2D eigenvalue weighted by Gasteiger charge is -2.14. The van der Waals surface area contributed by atoms with Gasteiger partial charge in [0.15, 0.2) is 0 Å². The van der Waals surface area contributed by atoms with Crippen LogP contribution in [0.3, 0.4) is 0 Å². The molecule has 0 aliphatic heterocycles. The Labute approximate surface area is 112 Å². The minimum Gasteiger partial charge on any atom is -0.351 e. The predicted octanol–water partition coefficient (Wildman–Crippen LogP) is 2.67. The number of nitrogens with one attached hydrogen (secondary N) is 1. The third-order valence-corrected chi connectivity index (χ3v) is 3.24. The molecule has 17 heavy (non-hydrogen) atoms. The zero-order valence-electron chi connectivity index (χ0n) is 9.96. The summed E-state index contributed by atoms with van der Waals surface area (Å²) >= 11 is 11.6. The molecule has 0 saturated carbocycles. The van der Waals surface area contributed by atoms with Crippen LogP contribution in [0.4, 0.5) is 0 Å². The van der Waals surface area contributed by atoms with Crippen molar-refractivity contribution in [2.75, 3.05) is 26.7 Å². The maximum absolute atomic E-state index is 11.7. The molecule has 1 rings (SSSR count). The molecule has 1 aromatic rings. The Morgan fingerprint density at radius 1 is 1.35 bits per heavy atom. The largest absolute Gasteiger partial charge is 0.351 e. The van der Waals surface area contributed by atoms with Gasteiger partial charge in [0.05, 0.1) is 10.0 Å². The van der Waals surface area contributed by atoms with E-state index in [-0.39, 0.29) is 5.91 Å². The van der Waals surface area contributed by atoms with Crippen LogP contribution in [0, 0.1) is 0 Å². The number of likely N-dealkylation sites (N-methyl/N-ethyl adjacent to an activating group) is 1. The molecule has 0 saturated heterocycles. The van der Waals surface area contributed by atoms with Gasteiger partial charge in [0, 0.05) is 18.7 Å². The second-order valence-electron chi connectivity index (χ2n) is 3.78. The second-order valence-corrected chi connectivity index (χ2v) is 4.60. The lowest BCUT2D eigenvalue weighted by Crippen LogP contribution is -2.32. The number of rotatable bonds is 5. The van der Waals surface area contributed by atoms with Crippen molar-refractivity contribution in [1.29, 1.82) is 0 Å². The van der Waals surface area contributed by atoms with Gasteiger partial charge in [0.25, 0.3) is 5.91 Å². The van der Waals surface area contributed by atoms with Crippen LogP contribution in [0.2, 0.25) is 10.0 Å². The SMILES string of the molecule is CCN(C)CCNC(=O)c1ccc(Cl)c(Cl)c1. The van der Waals surface area contributed by atoms with E-state index in [2.05, 4.69) is 17.1 Å². The Morgan fingerprint density at radius 2 is 2.06 bits per heavy atom. The van der Waals surface area contributed by atoms with Crippen LogP contribution in [-0.4, -0.2) is 37.5 Å². The van der Waals surface area contributed by atoms with Gasteiger partial charge in [-0.25, -0.2) is 0 Å². The van der Waals surface area contributed by atoms with E-state index in [1.54, 1.807) is 18.2 Å². The second kappa shape index (κ2) is 6.84. The van der Waals surface area contributed by atoms with E-state index in [0.29, 0.717) is 22.2 Å². The summed E-state index contributed by atoms with van der Waals surface area (Å²) in [5.74, 6) is -0.131. The molecule has 94 valence electrons. The van der Waals surface area contributed by atoms with Crippen molar-refractivity contribution in [2.24, 2.45) is 0 Å². The van der Waals surface area contributed by atoms with E-state index in [1.807, 2.05) is 7.05 Å². The minimum atomic E-state index is -0.131. The smallest absolute Gasteiger partial charge is 0.251 e. The number of carbonyl (C=O) groups excluding carboxylic acids is 1. The average molecular weight is 275 g/mol. The topological polar surface area (TPSA) is 32.3 Å². The Balaban J connectivity index is 2.50. The van der Waals surface area contributed by atoms with E-state index in [9.17, 15) is 4.79 Å². The number of halogens is 2. The maximum atomic E-state index is 11.7. The summed E-state index contributed by atoms with van der Waals surface area (Å²) in [6, 6.07) is 4.85. The van der Waals surface area contributed by atoms with Crippen molar-refractivity contribution in [2.45, 2.75) is 6.92 Å². The number of carbonyl (C=O) groups is 1. The van der Waals surface area contributed by atoms with Gasteiger partial charge < -0.3 is 10.2 Å². The first-order valence-corrected chi connectivity index (χ1v) is 6.22. The highest BCUT2D eigenvalue weighted by molar-refractivity contribution is 6.42. The Morgan fingerprint density at radius 3 is 2.65 bits per heavy atom. The summed E-state index contributed by atoms with van der Waals surface area (Å²) in [4.78, 5) is 13.9. The zero-order chi connectivity index (χ0) is 12.8. The molecule has 1 amide bonds. The van der Waals surface area contributed by atoms with Crippen LogP contribution in [0.15, 0.2) is 18.2 Å². The fourth-order valence-electron chi connectivity index (χ4n) is 1.26. The van der Waals surface area contributed by atoms with Gasteiger partial charge in [-0.05, 0) is 31.8 Å². The van der Waals surface area contributed by atoms with Gasteiger partial charge >= 0.3 is 0 Å². The molecule has 1 N–H and O–H groups in total. The van der Waals surface area contributed by atoms with Crippen molar-refractivity contribution in [3.05, 3.63) is 33.8 Å². The van der Waals surface area contributed by atoms with Gasteiger partial charge in [-0.3, -0.25) is 4.79 Å². The van der Waals surface area contributed by atoms with Gasteiger partial charge in [0.2, 0.25) is 0 Å². The third kappa shape index (κ3) is 4.54. The molecule has 0 bridgehead atoms. The number of amides is 1. The van der Waals surface area contributed by atoms with Crippen molar-refractivity contribution < 1.29 is 4.79 Å². The maximum Gasteiger partial charge on any atom is 0.251 e. The zero-order valence-corrected chi connectivity index (χ0v) is 11.5. The van der Waals surface area contributed by atoms with Crippen molar-refractivity contribution in [3.63, 3.8) is 0 Å². The van der Waals surface area contributed by atoms with Crippen LogP contribution < -0.4 is 5.32 Å². The molecular weight excluding hydrogens is 259 g/mol. The van der Waals surface area contributed by atoms with Crippen LogP contribution in [-0.2, 0) is 0 Å². The van der Waals surface area contributed by atoms with Crippen molar-refractivity contribution >= 4 is 29.1 Å². The first kappa shape index (κ1) is 14.3. The number of benzene rings is 1.